The van der Waals surface area contributed by atoms with Crippen molar-refractivity contribution in [2.75, 3.05) is 10.8 Å². The van der Waals surface area contributed by atoms with Gasteiger partial charge >= 0.3 is 5.97 Å². The van der Waals surface area contributed by atoms with Gasteiger partial charge < -0.3 is 14.1 Å². The summed E-state index contributed by atoms with van der Waals surface area (Å²) >= 11 is 7.66. The third-order valence-electron chi connectivity index (χ3n) is 4.36. The highest BCUT2D eigenvalue weighted by Gasteiger charge is 2.19. The molecule has 5 nitrogen and oxygen atoms in total. The van der Waals surface area contributed by atoms with Gasteiger partial charge in [-0.15, -0.1) is 0 Å². The van der Waals surface area contributed by atoms with Crippen molar-refractivity contribution in [1.82, 2.24) is 4.98 Å². The van der Waals surface area contributed by atoms with E-state index in [0.717, 1.165) is 16.2 Å². The van der Waals surface area contributed by atoms with Gasteiger partial charge in [-0.25, -0.2) is 14.2 Å². The van der Waals surface area contributed by atoms with E-state index in [2.05, 4.69) is 4.98 Å². The number of carboxylic acids is 1. The Morgan fingerprint density at radius 2 is 2.00 bits per heavy atom. The number of ether oxygens (including phenoxy) is 1. The van der Waals surface area contributed by atoms with Crippen LogP contribution in [0.3, 0.4) is 0 Å². The summed E-state index contributed by atoms with van der Waals surface area (Å²) in [5.74, 6) is -0.482. The molecule has 1 unspecified atom stereocenters. The molecule has 0 radical (unpaired) electrons. The molecule has 0 saturated heterocycles. The van der Waals surface area contributed by atoms with Crippen LogP contribution >= 0.6 is 23.5 Å². The zero-order valence-corrected chi connectivity index (χ0v) is 18.7. The number of halogens is 2. The Balaban J connectivity index is 1.88. The first-order valence-corrected chi connectivity index (χ1v) is 10.7. The maximum Gasteiger partial charge on any atom is 0.335 e. The van der Waals surface area contributed by atoms with Crippen LogP contribution in [0.1, 0.15) is 28.4 Å². The van der Waals surface area contributed by atoms with Crippen LogP contribution in [0.5, 0.6) is 5.75 Å². The number of rotatable bonds is 9. The van der Waals surface area contributed by atoms with Gasteiger partial charge in [-0.2, -0.15) is 0 Å². The molecule has 0 aliphatic rings. The smallest absolute Gasteiger partial charge is 0.335 e. The number of aromatic carboxylic acids is 1. The number of nitrogens with zero attached hydrogens (tertiary/aromatic N) is 2. The van der Waals surface area contributed by atoms with Gasteiger partial charge in [0, 0.05) is 29.2 Å². The van der Waals surface area contributed by atoms with E-state index in [1.54, 1.807) is 28.7 Å². The van der Waals surface area contributed by atoms with E-state index in [1.165, 1.54) is 31.0 Å². The van der Waals surface area contributed by atoms with E-state index in [9.17, 15) is 9.18 Å². The third-order valence-corrected chi connectivity index (χ3v) is 5.76. The van der Waals surface area contributed by atoms with E-state index in [-0.39, 0.29) is 18.7 Å². The molecule has 162 valence electrons. The molecule has 3 aromatic rings. The lowest BCUT2D eigenvalue weighted by atomic mass is 10.1. The minimum Gasteiger partial charge on any atom is -0.487 e. The normalized spacial score (nSPS) is 11.7. The van der Waals surface area contributed by atoms with Crippen molar-refractivity contribution >= 4 is 35.2 Å². The van der Waals surface area contributed by atoms with Crippen LogP contribution in [0.25, 0.3) is 0 Å². The Labute approximate surface area is 190 Å². The van der Waals surface area contributed by atoms with Crippen LogP contribution in [-0.4, -0.2) is 28.8 Å². The van der Waals surface area contributed by atoms with Crippen LogP contribution in [0.2, 0.25) is 5.02 Å². The number of aromatic nitrogens is 1. The maximum atomic E-state index is 14.0. The van der Waals surface area contributed by atoms with E-state index < -0.39 is 12.1 Å². The number of anilines is 1. The Morgan fingerprint density at radius 1 is 1.26 bits per heavy atom. The lowest BCUT2D eigenvalue weighted by Crippen LogP contribution is -2.23. The summed E-state index contributed by atoms with van der Waals surface area (Å²) in [6.07, 6.45) is 0.605. The van der Waals surface area contributed by atoms with Gasteiger partial charge in [-0.1, -0.05) is 29.8 Å². The number of benzene rings is 2. The monoisotopic (exact) mass is 460 g/mol. The molecular weight excluding hydrogens is 439 g/mol. The highest BCUT2D eigenvalue weighted by atomic mass is 35.5. The van der Waals surface area contributed by atoms with Crippen LogP contribution in [0.4, 0.5) is 10.1 Å². The molecule has 0 spiro atoms. The highest BCUT2D eigenvalue weighted by Crippen LogP contribution is 2.39. The molecule has 1 N–H and O–H groups in total. The van der Waals surface area contributed by atoms with Crippen molar-refractivity contribution < 1.29 is 19.0 Å². The molecule has 1 heterocycles. The van der Waals surface area contributed by atoms with Crippen molar-refractivity contribution in [2.45, 2.75) is 31.7 Å². The first kappa shape index (κ1) is 22.9. The van der Waals surface area contributed by atoms with Crippen molar-refractivity contribution in [1.29, 1.82) is 0 Å². The molecule has 0 saturated carbocycles. The number of alkyl halides is 1. The number of carboxylic acid groups (broad SMARTS) is 1. The van der Waals surface area contributed by atoms with E-state index in [0.29, 0.717) is 16.5 Å². The Bertz CT molecular complexity index is 1030. The summed E-state index contributed by atoms with van der Waals surface area (Å²) < 4.78 is 21.8. The minimum absolute atomic E-state index is 0.131. The van der Waals surface area contributed by atoms with Gasteiger partial charge in [0.1, 0.15) is 23.6 Å². The van der Waals surface area contributed by atoms with Crippen LogP contribution in [0.15, 0.2) is 65.8 Å². The average Bonchev–Trinajstić information content (AvgIpc) is 2.74. The summed E-state index contributed by atoms with van der Waals surface area (Å²) in [5, 5.41) is 10.3. The molecule has 1 aromatic heterocycles. The molecule has 1 atom stereocenters. The van der Waals surface area contributed by atoms with Crippen molar-refractivity contribution in [3.05, 3.63) is 82.5 Å². The highest BCUT2D eigenvalue weighted by molar-refractivity contribution is 8.00. The fourth-order valence-electron chi connectivity index (χ4n) is 2.79. The topological polar surface area (TPSA) is 62.7 Å². The van der Waals surface area contributed by atoms with Crippen molar-refractivity contribution in [3.63, 3.8) is 0 Å². The van der Waals surface area contributed by atoms with Gasteiger partial charge in [0.2, 0.25) is 0 Å². The molecule has 3 rings (SSSR count). The molecule has 0 aliphatic heterocycles. The second kappa shape index (κ2) is 10.5. The SMILES string of the molecule is Cc1cc(N(CC(C)F)Sc2ccccn2)c(OCc2ccc(C(=O)O)cc2)cc1Cl. The predicted molar refractivity (Wildman–Crippen MR) is 122 cm³/mol. The molecule has 8 heteroatoms. The summed E-state index contributed by atoms with van der Waals surface area (Å²) in [6.45, 7) is 3.72. The second-order valence-corrected chi connectivity index (χ2v) is 8.41. The molecule has 2 aromatic carbocycles. The Morgan fingerprint density at radius 3 is 2.61 bits per heavy atom. The van der Waals surface area contributed by atoms with Gasteiger partial charge in [-0.3, -0.25) is 0 Å². The van der Waals surface area contributed by atoms with E-state index in [4.69, 9.17) is 21.4 Å². The third kappa shape index (κ3) is 6.35. The quantitative estimate of drug-likeness (QED) is 0.384. The fraction of sp³-hybridized carbons (Fsp3) is 0.217. The van der Waals surface area contributed by atoms with Gasteiger partial charge in [0.05, 0.1) is 17.8 Å². The average molecular weight is 461 g/mol. The largest absolute Gasteiger partial charge is 0.487 e. The summed E-state index contributed by atoms with van der Waals surface area (Å²) in [5.41, 5.74) is 2.53. The van der Waals surface area contributed by atoms with Crippen LogP contribution in [0, 0.1) is 6.92 Å². The predicted octanol–water partition coefficient (Wildman–Crippen LogP) is 6.19. The first-order chi connectivity index (χ1) is 14.8. The molecular formula is C23H22ClFN2O3S. The Kier molecular flexibility index (Phi) is 7.76. The lowest BCUT2D eigenvalue weighted by molar-refractivity contribution is 0.0697. The van der Waals surface area contributed by atoms with Crippen molar-refractivity contribution in [2.24, 2.45) is 0 Å². The Hall–Kier alpha value is -2.77. The summed E-state index contributed by atoms with van der Waals surface area (Å²) in [6, 6.07) is 15.6. The molecule has 0 aliphatic carbocycles. The minimum atomic E-state index is -1.08. The fourth-order valence-corrected chi connectivity index (χ4v) is 3.94. The van der Waals surface area contributed by atoms with Crippen LogP contribution < -0.4 is 9.04 Å². The summed E-state index contributed by atoms with van der Waals surface area (Å²) in [7, 11) is 0. The van der Waals surface area contributed by atoms with Gasteiger partial charge in [0.25, 0.3) is 0 Å². The number of pyridine rings is 1. The first-order valence-electron chi connectivity index (χ1n) is 9.59. The van der Waals surface area contributed by atoms with E-state index in [1.807, 2.05) is 31.2 Å². The number of hydrogen-bond acceptors (Lipinski definition) is 5. The molecule has 31 heavy (non-hydrogen) atoms. The second-order valence-electron chi connectivity index (χ2n) is 6.96. The molecule has 0 amide bonds. The summed E-state index contributed by atoms with van der Waals surface area (Å²) in [4.78, 5) is 15.4. The van der Waals surface area contributed by atoms with Crippen molar-refractivity contribution in [3.8, 4) is 5.75 Å². The number of hydrogen-bond donors (Lipinski definition) is 1. The maximum absolute atomic E-state index is 14.0. The molecule has 0 bridgehead atoms. The van der Waals surface area contributed by atoms with E-state index >= 15 is 0 Å². The number of aryl methyl sites for hydroxylation is 1. The lowest BCUT2D eigenvalue weighted by Gasteiger charge is -2.26. The molecule has 0 fully saturated rings. The van der Waals surface area contributed by atoms with Gasteiger partial charge in [-0.05, 0) is 55.3 Å². The number of carbonyl (C=O) groups is 1. The zero-order valence-electron chi connectivity index (χ0n) is 17.1. The van der Waals surface area contributed by atoms with Crippen LogP contribution in [-0.2, 0) is 6.61 Å². The standard InChI is InChI=1S/C23H22ClFN2O3S/c1-15-11-20(27(13-16(2)25)31-22-5-3-4-10-26-22)21(12-19(15)24)30-14-17-6-8-18(9-7-17)23(28)29/h3-12,16H,13-14H2,1-2H3,(H,28,29). The zero-order chi connectivity index (χ0) is 22.4. The van der Waals surface area contributed by atoms with Gasteiger partial charge in [0.15, 0.2) is 0 Å².